The maximum Gasteiger partial charge on any atom is 0.328 e. The lowest BCUT2D eigenvalue weighted by atomic mass is 10.1. The number of aliphatic carboxylic acids is 2. The molecule has 14 nitrogen and oxygen atoms in total. The molecule has 10 N–H and O–H groups in total. The molecule has 0 radical (unpaired) electrons. The number of carbonyl (C=O) groups excluding carboxylic acids is 4. The fourth-order valence-corrected chi connectivity index (χ4v) is 3.01. The number of nitrogens with two attached hydrogens (primary N) is 2. The Morgan fingerprint density at radius 2 is 1.42 bits per heavy atom. The highest BCUT2D eigenvalue weighted by Crippen LogP contribution is 2.06. The van der Waals surface area contributed by atoms with Crippen molar-refractivity contribution in [1.29, 1.82) is 0 Å². The predicted octanol–water partition coefficient (Wildman–Crippen LogP) is -3.27. The van der Waals surface area contributed by atoms with Crippen molar-refractivity contribution in [1.82, 2.24) is 16.0 Å². The minimum atomic E-state index is -1.67. The zero-order valence-electron chi connectivity index (χ0n) is 18.3. The summed E-state index contributed by atoms with van der Waals surface area (Å²) in [6, 6.07) is -5.69. The van der Waals surface area contributed by atoms with Gasteiger partial charge in [-0.1, -0.05) is 0 Å². The average Bonchev–Trinajstić information content (AvgIpc) is 2.70. The number of carboxylic acids is 2. The SMILES string of the molecule is CSCCC(NC(=O)C(N)CC(=O)O)C(=O)NC(CCC(N)=O)C(=O)NC(C(=O)O)C(C)O. The molecule has 0 bridgehead atoms. The number of primary amides is 1. The van der Waals surface area contributed by atoms with Crippen LogP contribution >= 0.6 is 11.8 Å². The van der Waals surface area contributed by atoms with Crippen molar-refractivity contribution in [3.05, 3.63) is 0 Å². The molecule has 0 saturated carbocycles. The van der Waals surface area contributed by atoms with Crippen molar-refractivity contribution in [3.63, 3.8) is 0 Å². The van der Waals surface area contributed by atoms with Gasteiger partial charge in [-0.25, -0.2) is 4.79 Å². The molecule has 0 aliphatic heterocycles. The summed E-state index contributed by atoms with van der Waals surface area (Å²) in [5.41, 5.74) is 10.6. The summed E-state index contributed by atoms with van der Waals surface area (Å²) in [5.74, 6) is -5.92. The normalized spacial score (nSPS) is 15.3. The number of hydrogen-bond acceptors (Lipinski definition) is 9. The van der Waals surface area contributed by atoms with Crippen LogP contribution in [0.5, 0.6) is 0 Å². The molecule has 0 aliphatic carbocycles. The molecule has 0 spiro atoms. The molecular formula is C18H31N5O9S. The molecule has 0 heterocycles. The van der Waals surface area contributed by atoms with Crippen LogP contribution in [0.3, 0.4) is 0 Å². The largest absolute Gasteiger partial charge is 0.481 e. The Labute approximate surface area is 194 Å². The monoisotopic (exact) mass is 493 g/mol. The molecule has 5 unspecified atom stereocenters. The van der Waals surface area contributed by atoms with Gasteiger partial charge in [-0.3, -0.25) is 24.0 Å². The quantitative estimate of drug-likeness (QED) is 0.106. The van der Waals surface area contributed by atoms with E-state index < -0.39 is 72.3 Å². The third-order valence-electron chi connectivity index (χ3n) is 4.33. The maximum atomic E-state index is 12.8. The summed E-state index contributed by atoms with van der Waals surface area (Å²) in [5, 5.41) is 34.2. The first-order valence-corrected chi connectivity index (χ1v) is 11.3. The van der Waals surface area contributed by atoms with Crippen molar-refractivity contribution < 1.29 is 44.1 Å². The molecule has 0 aromatic heterocycles. The van der Waals surface area contributed by atoms with E-state index in [2.05, 4.69) is 16.0 Å². The highest BCUT2D eigenvalue weighted by molar-refractivity contribution is 7.98. The molecule has 5 atom stereocenters. The van der Waals surface area contributed by atoms with E-state index in [4.69, 9.17) is 21.7 Å². The smallest absolute Gasteiger partial charge is 0.328 e. The van der Waals surface area contributed by atoms with Gasteiger partial charge in [0.1, 0.15) is 12.1 Å². The third-order valence-corrected chi connectivity index (χ3v) is 4.98. The Bertz CT molecular complexity index is 734. The number of hydrogen-bond donors (Lipinski definition) is 8. The number of carbonyl (C=O) groups is 6. The summed E-state index contributed by atoms with van der Waals surface area (Å²) in [6.45, 7) is 1.14. The van der Waals surface area contributed by atoms with Crippen molar-refractivity contribution >= 4 is 47.3 Å². The lowest BCUT2D eigenvalue weighted by Crippen LogP contribution is -2.58. The summed E-state index contributed by atoms with van der Waals surface area (Å²) < 4.78 is 0. The first-order valence-electron chi connectivity index (χ1n) is 9.86. The number of thioether (sulfide) groups is 1. The molecule has 0 saturated heterocycles. The minimum absolute atomic E-state index is 0.105. The molecule has 33 heavy (non-hydrogen) atoms. The number of amides is 4. The van der Waals surface area contributed by atoms with Crippen LogP contribution in [0.25, 0.3) is 0 Å². The van der Waals surface area contributed by atoms with Crippen LogP contribution in [0, 0.1) is 0 Å². The second-order valence-corrected chi connectivity index (χ2v) is 8.16. The maximum absolute atomic E-state index is 12.8. The van der Waals surface area contributed by atoms with Crippen LogP contribution in [0.2, 0.25) is 0 Å². The zero-order chi connectivity index (χ0) is 25.7. The summed E-state index contributed by atoms with van der Waals surface area (Å²) in [4.78, 5) is 70.7. The van der Waals surface area contributed by atoms with Crippen molar-refractivity contribution in [2.45, 2.75) is 62.9 Å². The van der Waals surface area contributed by atoms with E-state index >= 15 is 0 Å². The summed E-state index contributed by atoms with van der Waals surface area (Å²) in [7, 11) is 0. The van der Waals surface area contributed by atoms with Crippen molar-refractivity contribution in [2.75, 3.05) is 12.0 Å². The van der Waals surface area contributed by atoms with Crippen LogP contribution in [0.15, 0.2) is 0 Å². The molecule has 4 amide bonds. The van der Waals surface area contributed by atoms with E-state index in [9.17, 15) is 33.9 Å². The number of carboxylic acid groups (broad SMARTS) is 2. The molecule has 0 aliphatic rings. The van der Waals surface area contributed by atoms with E-state index in [1.165, 1.54) is 11.8 Å². The summed E-state index contributed by atoms with van der Waals surface area (Å²) >= 11 is 1.36. The lowest BCUT2D eigenvalue weighted by molar-refractivity contribution is -0.145. The predicted molar refractivity (Wildman–Crippen MR) is 117 cm³/mol. The van der Waals surface area contributed by atoms with Gasteiger partial charge < -0.3 is 42.7 Å². The second-order valence-electron chi connectivity index (χ2n) is 7.18. The van der Waals surface area contributed by atoms with Crippen LogP contribution in [0.1, 0.15) is 32.6 Å². The number of aliphatic hydroxyl groups is 1. The Morgan fingerprint density at radius 3 is 1.88 bits per heavy atom. The summed E-state index contributed by atoms with van der Waals surface area (Å²) in [6.07, 6.45) is -0.867. The van der Waals surface area contributed by atoms with Gasteiger partial charge in [0.25, 0.3) is 0 Å². The Kier molecular flexibility index (Phi) is 13.7. The third kappa shape index (κ3) is 12.1. The molecular weight excluding hydrogens is 462 g/mol. The molecule has 0 aromatic carbocycles. The second kappa shape index (κ2) is 15.0. The van der Waals surface area contributed by atoms with Crippen LogP contribution < -0.4 is 27.4 Å². The molecule has 0 aromatic rings. The van der Waals surface area contributed by atoms with E-state index in [0.717, 1.165) is 6.92 Å². The standard InChI is InChI=1S/C18H31N5O9S/c1-8(24)14(18(31)32)23-17(30)10(3-4-12(20)25)22-16(29)11(5-6-33-2)21-15(28)9(19)7-13(26)27/h8-11,14,24H,3-7,19H2,1-2H3,(H2,20,25)(H,21,28)(H,22,29)(H,23,30)(H,26,27)(H,31,32). The van der Waals surface area contributed by atoms with Crippen LogP contribution in [0.4, 0.5) is 0 Å². The topological polar surface area (TPSA) is 251 Å². The highest BCUT2D eigenvalue weighted by Gasteiger charge is 2.32. The van der Waals surface area contributed by atoms with Gasteiger partial charge in [0.05, 0.1) is 18.6 Å². The number of nitrogens with one attached hydrogen (secondary N) is 3. The Hall–Kier alpha value is -2.91. The molecule has 188 valence electrons. The molecule has 0 rings (SSSR count). The van der Waals surface area contributed by atoms with Crippen molar-refractivity contribution in [3.8, 4) is 0 Å². The van der Waals surface area contributed by atoms with Crippen LogP contribution in [-0.2, 0) is 28.8 Å². The van der Waals surface area contributed by atoms with Gasteiger partial charge >= 0.3 is 11.9 Å². The Balaban J connectivity index is 5.53. The molecule has 0 fully saturated rings. The highest BCUT2D eigenvalue weighted by atomic mass is 32.2. The zero-order valence-corrected chi connectivity index (χ0v) is 19.1. The van der Waals surface area contributed by atoms with Crippen LogP contribution in [-0.4, -0.2) is 93.2 Å². The van der Waals surface area contributed by atoms with Gasteiger partial charge in [-0.05, 0) is 31.8 Å². The fraction of sp³-hybridized carbons (Fsp3) is 0.667. The van der Waals surface area contributed by atoms with Gasteiger partial charge in [-0.15, -0.1) is 0 Å². The van der Waals surface area contributed by atoms with Crippen molar-refractivity contribution in [2.24, 2.45) is 11.5 Å². The first-order chi connectivity index (χ1) is 15.3. The van der Waals surface area contributed by atoms with Gasteiger partial charge in [0.2, 0.25) is 23.6 Å². The first kappa shape index (κ1) is 30.1. The number of aliphatic hydroxyl groups excluding tert-OH is 1. The number of rotatable bonds is 16. The van der Waals surface area contributed by atoms with Gasteiger partial charge in [0, 0.05) is 6.42 Å². The molecule has 15 heteroatoms. The van der Waals surface area contributed by atoms with E-state index in [0.29, 0.717) is 5.75 Å². The fourth-order valence-electron chi connectivity index (χ4n) is 2.53. The minimum Gasteiger partial charge on any atom is -0.481 e. The lowest BCUT2D eigenvalue weighted by Gasteiger charge is -2.25. The van der Waals surface area contributed by atoms with Gasteiger partial charge in [-0.2, -0.15) is 11.8 Å². The van der Waals surface area contributed by atoms with E-state index in [-0.39, 0.29) is 19.3 Å². The van der Waals surface area contributed by atoms with E-state index in [1.54, 1.807) is 6.26 Å². The van der Waals surface area contributed by atoms with E-state index in [1.807, 2.05) is 0 Å². The average molecular weight is 494 g/mol. The van der Waals surface area contributed by atoms with Gasteiger partial charge in [0.15, 0.2) is 6.04 Å². The Morgan fingerprint density at radius 1 is 0.909 bits per heavy atom.